The van der Waals surface area contributed by atoms with E-state index in [1.165, 1.54) is 6.07 Å². The molecule has 0 heterocycles. The van der Waals surface area contributed by atoms with Crippen molar-refractivity contribution in [2.75, 3.05) is 0 Å². The van der Waals surface area contributed by atoms with Crippen molar-refractivity contribution in [3.05, 3.63) is 29.3 Å². The summed E-state index contributed by atoms with van der Waals surface area (Å²) in [6.07, 6.45) is 0. The van der Waals surface area contributed by atoms with Crippen molar-refractivity contribution >= 4 is 12.6 Å². The summed E-state index contributed by atoms with van der Waals surface area (Å²) in [6, 6.07) is 2.65. The van der Waals surface area contributed by atoms with Gasteiger partial charge in [-0.3, -0.25) is 0 Å². The molecule has 1 aromatic rings. The Balaban J connectivity index is 3.33. The van der Waals surface area contributed by atoms with Crippen LogP contribution in [-0.2, 0) is 0 Å². The lowest BCUT2D eigenvalue weighted by Gasteiger charge is -2.02. The van der Waals surface area contributed by atoms with Gasteiger partial charge in [-0.25, -0.2) is 8.78 Å². The van der Waals surface area contributed by atoms with Gasteiger partial charge in [0.15, 0.2) is 0 Å². The van der Waals surface area contributed by atoms with Gasteiger partial charge in [0.1, 0.15) is 17.7 Å². The van der Waals surface area contributed by atoms with Gasteiger partial charge in [-0.05, 0) is 6.07 Å². The van der Waals surface area contributed by atoms with Crippen molar-refractivity contribution in [1.29, 1.82) is 5.26 Å². The van der Waals surface area contributed by atoms with Gasteiger partial charge in [-0.15, -0.1) is 0 Å². The summed E-state index contributed by atoms with van der Waals surface area (Å²) in [5, 5.41) is 25.5. The van der Waals surface area contributed by atoms with Crippen LogP contribution in [0.4, 0.5) is 8.78 Å². The van der Waals surface area contributed by atoms with Crippen LogP contribution >= 0.6 is 0 Å². The minimum absolute atomic E-state index is 0.426. The number of nitrogens with zero attached hydrogens (tertiary/aromatic N) is 1. The fourth-order valence-corrected chi connectivity index (χ4v) is 0.849. The molecule has 0 aromatic heterocycles. The SMILES string of the molecule is N#Cc1cc(B(O)O)c(F)cc1F. The molecule has 3 nitrogen and oxygen atoms in total. The van der Waals surface area contributed by atoms with E-state index in [1.807, 2.05) is 0 Å². The van der Waals surface area contributed by atoms with Crippen molar-refractivity contribution in [3.8, 4) is 6.07 Å². The average molecular weight is 183 g/mol. The minimum atomic E-state index is -2.05. The maximum atomic E-state index is 12.7. The molecule has 1 aromatic carbocycles. The van der Waals surface area contributed by atoms with E-state index in [2.05, 4.69) is 0 Å². The van der Waals surface area contributed by atoms with Crippen LogP contribution in [0.3, 0.4) is 0 Å². The fourth-order valence-electron chi connectivity index (χ4n) is 0.849. The number of rotatable bonds is 1. The summed E-state index contributed by atoms with van der Waals surface area (Å²) in [6.45, 7) is 0. The van der Waals surface area contributed by atoms with E-state index < -0.39 is 29.8 Å². The Morgan fingerprint density at radius 3 is 2.31 bits per heavy atom. The predicted octanol–water partition coefficient (Wildman–Crippen LogP) is -0.484. The van der Waals surface area contributed by atoms with Gasteiger partial charge in [0.2, 0.25) is 0 Å². The summed E-state index contributed by atoms with van der Waals surface area (Å²) in [5.74, 6) is -2.11. The highest BCUT2D eigenvalue weighted by Gasteiger charge is 2.19. The summed E-state index contributed by atoms with van der Waals surface area (Å²) >= 11 is 0. The van der Waals surface area contributed by atoms with Crippen molar-refractivity contribution in [2.24, 2.45) is 0 Å². The van der Waals surface area contributed by atoms with Gasteiger partial charge in [-0.2, -0.15) is 5.26 Å². The van der Waals surface area contributed by atoms with E-state index in [9.17, 15) is 8.78 Å². The van der Waals surface area contributed by atoms with Gasteiger partial charge in [0.05, 0.1) is 5.56 Å². The summed E-state index contributed by atoms with van der Waals surface area (Å²) in [5.41, 5.74) is -0.942. The van der Waals surface area contributed by atoms with Gasteiger partial charge in [0.25, 0.3) is 0 Å². The molecule has 0 radical (unpaired) electrons. The fraction of sp³-hybridized carbons (Fsp3) is 0. The second kappa shape index (κ2) is 3.52. The summed E-state index contributed by atoms with van der Waals surface area (Å²) in [4.78, 5) is 0. The zero-order valence-corrected chi connectivity index (χ0v) is 6.33. The molecular weight excluding hydrogens is 179 g/mol. The quantitative estimate of drug-likeness (QED) is 0.577. The molecule has 0 aliphatic heterocycles. The maximum Gasteiger partial charge on any atom is 0.491 e. The van der Waals surface area contributed by atoms with Gasteiger partial charge in [-0.1, -0.05) is 0 Å². The molecular formula is C7H4BF2NO2. The highest BCUT2D eigenvalue weighted by Crippen LogP contribution is 2.06. The van der Waals surface area contributed by atoms with Gasteiger partial charge >= 0.3 is 7.12 Å². The number of nitriles is 1. The van der Waals surface area contributed by atoms with Crippen LogP contribution in [-0.4, -0.2) is 17.2 Å². The molecule has 0 saturated carbocycles. The standard InChI is InChI=1S/C7H4BF2NO2/c9-6-2-7(10)5(8(12)13)1-4(6)3-11/h1-2,12-13H. The van der Waals surface area contributed by atoms with E-state index in [1.54, 1.807) is 0 Å². The summed E-state index contributed by atoms with van der Waals surface area (Å²) < 4.78 is 25.4. The highest BCUT2D eigenvalue weighted by molar-refractivity contribution is 6.58. The molecule has 13 heavy (non-hydrogen) atoms. The zero-order chi connectivity index (χ0) is 10.0. The van der Waals surface area contributed by atoms with Gasteiger partial charge in [0, 0.05) is 11.5 Å². The lowest BCUT2D eigenvalue weighted by molar-refractivity contribution is 0.422. The molecule has 0 unspecified atom stereocenters. The van der Waals surface area contributed by atoms with E-state index in [-0.39, 0.29) is 0 Å². The summed E-state index contributed by atoms with van der Waals surface area (Å²) in [7, 11) is -2.05. The molecule has 0 bridgehead atoms. The first-order valence-corrected chi connectivity index (χ1v) is 3.31. The molecule has 2 N–H and O–H groups in total. The molecule has 0 aliphatic carbocycles. The Morgan fingerprint density at radius 2 is 1.85 bits per heavy atom. The Kier molecular flexibility index (Phi) is 2.61. The first kappa shape index (κ1) is 9.64. The first-order valence-electron chi connectivity index (χ1n) is 3.31. The van der Waals surface area contributed by atoms with Gasteiger partial charge < -0.3 is 10.0 Å². The van der Waals surface area contributed by atoms with Crippen molar-refractivity contribution in [1.82, 2.24) is 0 Å². The number of benzene rings is 1. The smallest absolute Gasteiger partial charge is 0.423 e. The van der Waals surface area contributed by atoms with Crippen molar-refractivity contribution < 1.29 is 18.8 Å². The van der Waals surface area contributed by atoms with E-state index in [4.69, 9.17) is 15.3 Å². The molecule has 0 amide bonds. The Labute approximate surface area is 73.0 Å². The van der Waals surface area contributed by atoms with Crippen LogP contribution in [0.1, 0.15) is 5.56 Å². The van der Waals surface area contributed by atoms with Crippen molar-refractivity contribution in [3.63, 3.8) is 0 Å². The lowest BCUT2D eigenvalue weighted by atomic mass is 9.79. The predicted molar refractivity (Wildman–Crippen MR) is 40.9 cm³/mol. The molecule has 6 heteroatoms. The van der Waals surface area contributed by atoms with Crippen LogP contribution in [0.5, 0.6) is 0 Å². The van der Waals surface area contributed by atoms with E-state index in [0.717, 1.165) is 6.07 Å². The van der Waals surface area contributed by atoms with Crippen LogP contribution in [0.15, 0.2) is 12.1 Å². The minimum Gasteiger partial charge on any atom is -0.423 e. The van der Waals surface area contributed by atoms with Crippen LogP contribution in [0.2, 0.25) is 0 Å². The van der Waals surface area contributed by atoms with Crippen LogP contribution in [0, 0.1) is 23.0 Å². The number of hydrogen-bond donors (Lipinski definition) is 2. The van der Waals surface area contributed by atoms with Crippen molar-refractivity contribution in [2.45, 2.75) is 0 Å². The topological polar surface area (TPSA) is 64.2 Å². The van der Waals surface area contributed by atoms with Crippen LogP contribution < -0.4 is 5.46 Å². The third-order valence-electron chi connectivity index (χ3n) is 1.48. The Bertz CT molecular complexity index is 375. The Morgan fingerprint density at radius 1 is 1.23 bits per heavy atom. The molecule has 66 valence electrons. The zero-order valence-electron chi connectivity index (χ0n) is 6.33. The monoisotopic (exact) mass is 183 g/mol. The van der Waals surface area contributed by atoms with Crippen LogP contribution in [0.25, 0.3) is 0 Å². The number of halogens is 2. The Hall–Kier alpha value is -1.45. The highest BCUT2D eigenvalue weighted by atomic mass is 19.1. The maximum absolute atomic E-state index is 12.7. The average Bonchev–Trinajstić information content (AvgIpc) is 2.03. The molecule has 1 rings (SSSR count). The molecule has 0 fully saturated rings. The van der Waals surface area contributed by atoms with E-state index >= 15 is 0 Å². The number of hydrogen-bond acceptors (Lipinski definition) is 3. The first-order chi connectivity index (χ1) is 6.06. The third-order valence-corrected chi connectivity index (χ3v) is 1.48. The molecule has 0 saturated heterocycles. The second-order valence-corrected chi connectivity index (χ2v) is 2.34. The third kappa shape index (κ3) is 1.83. The largest absolute Gasteiger partial charge is 0.491 e. The van der Waals surface area contributed by atoms with E-state index in [0.29, 0.717) is 6.07 Å². The normalized spacial score (nSPS) is 9.46. The molecule has 0 aliphatic rings. The molecule has 0 atom stereocenters. The lowest BCUT2D eigenvalue weighted by Crippen LogP contribution is -2.33. The molecule has 0 spiro atoms. The second-order valence-electron chi connectivity index (χ2n) is 2.34.